The van der Waals surface area contributed by atoms with E-state index in [1.165, 1.54) is 6.21 Å². The van der Waals surface area contributed by atoms with E-state index >= 15 is 0 Å². The van der Waals surface area contributed by atoms with E-state index in [2.05, 4.69) is 4.40 Å². The van der Waals surface area contributed by atoms with Gasteiger partial charge in [-0.2, -0.15) is 12.8 Å². The van der Waals surface area contributed by atoms with Crippen LogP contribution in [0.2, 0.25) is 5.02 Å². The third-order valence-corrected chi connectivity index (χ3v) is 4.48. The minimum atomic E-state index is -3.66. The van der Waals surface area contributed by atoms with E-state index < -0.39 is 10.0 Å². The van der Waals surface area contributed by atoms with Gasteiger partial charge in [0.25, 0.3) is 10.0 Å². The number of sulfonamides is 1. The predicted molar refractivity (Wildman–Crippen MR) is 87.3 cm³/mol. The first kappa shape index (κ1) is 15.5. The van der Waals surface area contributed by atoms with Crippen LogP contribution in [-0.4, -0.2) is 14.6 Å². The molecule has 0 bridgehead atoms. The molecule has 0 spiro atoms. The SMILES string of the molecule is Cc1ccccc1S(=O)(=O)/N=C/C=C/c1ccc(Cl)cc1. The van der Waals surface area contributed by atoms with Crippen molar-refractivity contribution in [1.29, 1.82) is 0 Å². The molecule has 0 saturated carbocycles. The highest BCUT2D eigenvalue weighted by atomic mass is 35.5. The number of hydrogen-bond acceptors (Lipinski definition) is 2. The van der Waals surface area contributed by atoms with Gasteiger partial charge in [0.05, 0.1) is 4.90 Å². The van der Waals surface area contributed by atoms with Gasteiger partial charge in [0.15, 0.2) is 0 Å². The van der Waals surface area contributed by atoms with Crippen LogP contribution in [0.25, 0.3) is 6.08 Å². The lowest BCUT2D eigenvalue weighted by molar-refractivity contribution is 0.597. The van der Waals surface area contributed by atoms with Gasteiger partial charge in [-0.25, -0.2) is 0 Å². The molecule has 0 fully saturated rings. The van der Waals surface area contributed by atoms with Gasteiger partial charge in [0.2, 0.25) is 0 Å². The Morgan fingerprint density at radius 3 is 2.38 bits per heavy atom. The molecule has 0 N–H and O–H groups in total. The summed E-state index contributed by atoms with van der Waals surface area (Å²) in [5.74, 6) is 0. The molecule has 0 radical (unpaired) electrons. The summed E-state index contributed by atoms with van der Waals surface area (Å²) in [5, 5.41) is 0.656. The zero-order valence-electron chi connectivity index (χ0n) is 11.4. The Hall–Kier alpha value is -1.91. The van der Waals surface area contributed by atoms with Crippen LogP contribution in [0.4, 0.5) is 0 Å². The maximum absolute atomic E-state index is 12.1. The fraction of sp³-hybridized carbons (Fsp3) is 0.0625. The molecule has 0 heterocycles. The van der Waals surface area contributed by atoms with Crippen LogP contribution < -0.4 is 0 Å². The Morgan fingerprint density at radius 2 is 1.71 bits per heavy atom. The Bertz CT molecular complexity index is 778. The fourth-order valence-electron chi connectivity index (χ4n) is 1.75. The van der Waals surface area contributed by atoms with Crippen LogP contribution in [-0.2, 0) is 10.0 Å². The number of halogens is 1. The fourth-order valence-corrected chi connectivity index (χ4v) is 2.94. The van der Waals surface area contributed by atoms with E-state index in [1.54, 1.807) is 55.5 Å². The van der Waals surface area contributed by atoms with E-state index in [9.17, 15) is 8.42 Å². The monoisotopic (exact) mass is 319 g/mol. The number of nitrogens with zero attached hydrogens (tertiary/aromatic N) is 1. The van der Waals surface area contributed by atoms with Gasteiger partial charge >= 0.3 is 0 Å². The van der Waals surface area contributed by atoms with Crippen molar-refractivity contribution in [3.63, 3.8) is 0 Å². The molecule has 3 nitrogen and oxygen atoms in total. The van der Waals surface area contributed by atoms with Gasteiger partial charge in [-0.05, 0) is 42.3 Å². The molecular formula is C16H14ClNO2S. The second kappa shape index (κ2) is 6.70. The molecule has 0 unspecified atom stereocenters. The second-order valence-corrected chi connectivity index (χ2v) is 6.44. The van der Waals surface area contributed by atoms with Gasteiger partial charge in [-0.15, -0.1) is 0 Å². The van der Waals surface area contributed by atoms with E-state index in [0.29, 0.717) is 10.6 Å². The summed E-state index contributed by atoms with van der Waals surface area (Å²) in [4.78, 5) is 0.223. The van der Waals surface area contributed by atoms with Gasteiger partial charge in [0.1, 0.15) is 0 Å². The number of rotatable bonds is 4. The molecule has 2 rings (SSSR count). The lowest BCUT2D eigenvalue weighted by Crippen LogP contribution is -1.99. The predicted octanol–water partition coefficient (Wildman–Crippen LogP) is 4.12. The highest BCUT2D eigenvalue weighted by molar-refractivity contribution is 7.90. The lowest BCUT2D eigenvalue weighted by Gasteiger charge is -2.01. The summed E-state index contributed by atoms with van der Waals surface area (Å²) < 4.78 is 27.8. The highest BCUT2D eigenvalue weighted by Gasteiger charge is 2.13. The standard InChI is InChI=1S/C16H14ClNO2S/c1-13-5-2-3-7-16(13)21(19,20)18-12-4-6-14-8-10-15(17)11-9-14/h2-12H,1H3/b6-4+,18-12+. The van der Waals surface area contributed by atoms with Gasteiger partial charge in [0, 0.05) is 11.2 Å². The maximum atomic E-state index is 12.1. The van der Waals surface area contributed by atoms with E-state index in [0.717, 1.165) is 5.56 Å². The van der Waals surface area contributed by atoms with Crippen LogP contribution in [0.15, 0.2) is 63.9 Å². The van der Waals surface area contributed by atoms with Gasteiger partial charge < -0.3 is 0 Å². The molecule has 108 valence electrons. The summed E-state index contributed by atoms with van der Waals surface area (Å²) in [6.07, 6.45) is 4.61. The van der Waals surface area contributed by atoms with Crippen molar-refractivity contribution in [2.24, 2.45) is 4.40 Å². The lowest BCUT2D eigenvalue weighted by atomic mass is 10.2. The van der Waals surface area contributed by atoms with Crippen LogP contribution in [0.5, 0.6) is 0 Å². The molecule has 2 aromatic rings. The highest BCUT2D eigenvalue weighted by Crippen LogP contribution is 2.16. The summed E-state index contributed by atoms with van der Waals surface area (Å²) >= 11 is 5.79. The molecular weight excluding hydrogens is 306 g/mol. The third kappa shape index (κ3) is 4.28. The first-order chi connectivity index (χ1) is 9.99. The Labute approximate surface area is 129 Å². The smallest absolute Gasteiger partial charge is 0.199 e. The topological polar surface area (TPSA) is 46.5 Å². The van der Waals surface area contributed by atoms with Crippen molar-refractivity contribution >= 4 is 33.9 Å². The first-order valence-electron chi connectivity index (χ1n) is 6.27. The summed E-state index contributed by atoms with van der Waals surface area (Å²) in [6, 6.07) is 14.0. The van der Waals surface area contributed by atoms with Crippen molar-refractivity contribution in [2.45, 2.75) is 11.8 Å². The van der Waals surface area contributed by atoms with E-state index in [4.69, 9.17) is 11.6 Å². The Morgan fingerprint density at radius 1 is 1.05 bits per heavy atom. The number of aryl methyl sites for hydroxylation is 1. The van der Waals surface area contributed by atoms with Crippen molar-refractivity contribution in [2.75, 3.05) is 0 Å². The van der Waals surface area contributed by atoms with Crippen molar-refractivity contribution in [3.05, 3.63) is 70.8 Å². The van der Waals surface area contributed by atoms with Crippen LogP contribution in [0.1, 0.15) is 11.1 Å². The van der Waals surface area contributed by atoms with E-state index in [-0.39, 0.29) is 4.90 Å². The average Bonchev–Trinajstić information content (AvgIpc) is 2.46. The zero-order valence-corrected chi connectivity index (χ0v) is 13.0. The first-order valence-corrected chi connectivity index (χ1v) is 8.09. The molecule has 0 aromatic heterocycles. The molecule has 21 heavy (non-hydrogen) atoms. The van der Waals surface area contributed by atoms with Crippen molar-refractivity contribution in [3.8, 4) is 0 Å². The molecule has 2 aromatic carbocycles. The summed E-state index contributed by atoms with van der Waals surface area (Å²) in [5.41, 5.74) is 1.59. The molecule has 0 aliphatic heterocycles. The molecule has 0 aliphatic carbocycles. The number of benzene rings is 2. The van der Waals surface area contributed by atoms with E-state index in [1.807, 2.05) is 12.1 Å². The molecule has 5 heteroatoms. The maximum Gasteiger partial charge on any atom is 0.282 e. The molecule has 0 amide bonds. The number of allylic oxidation sites excluding steroid dienone is 1. The van der Waals surface area contributed by atoms with Gasteiger partial charge in [-0.1, -0.05) is 48.0 Å². The second-order valence-electron chi connectivity index (χ2n) is 4.41. The minimum absolute atomic E-state index is 0.223. The molecule has 0 saturated heterocycles. The van der Waals surface area contributed by atoms with Gasteiger partial charge in [-0.3, -0.25) is 0 Å². The van der Waals surface area contributed by atoms with Crippen molar-refractivity contribution < 1.29 is 8.42 Å². The Balaban J connectivity index is 2.14. The third-order valence-electron chi connectivity index (χ3n) is 2.82. The normalized spacial score (nSPS) is 12.3. The Kier molecular flexibility index (Phi) is 4.94. The van der Waals surface area contributed by atoms with Crippen LogP contribution in [0, 0.1) is 6.92 Å². The summed E-state index contributed by atoms with van der Waals surface area (Å²) in [7, 11) is -3.66. The zero-order chi connectivity index (χ0) is 15.3. The molecule has 0 atom stereocenters. The average molecular weight is 320 g/mol. The summed E-state index contributed by atoms with van der Waals surface area (Å²) in [6.45, 7) is 1.74. The number of hydrogen-bond donors (Lipinski definition) is 0. The largest absolute Gasteiger partial charge is 0.282 e. The molecule has 0 aliphatic rings. The minimum Gasteiger partial charge on any atom is -0.199 e. The van der Waals surface area contributed by atoms with Crippen molar-refractivity contribution in [1.82, 2.24) is 0 Å². The van der Waals surface area contributed by atoms with Crippen LogP contribution in [0.3, 0.4) is 0 Å². The quantitative estimate of drug-likeness (QED) is 0.796. The van der Waals surface area contributed by atoms with Crippen LogP contribution >= 0.6 is 11.6 Å².